The highest BCUT2D eigenvalue weighted by molar-refractivity contribution is 7.85. The summed E-state index contributed by atoms with van der Waals surface area (Å²) < 4.78 is 31.5. The molecule has 0 spiro atoms. The normalized spacial score (nSPS) is 13.6. The second-order valence-electron chi connectivity index (χ2n) is 14.2. The summed E-state index contributed by atoms with van der Waals surface area (Å²) in [5, 5.41) is 4.79. The topological polar surface area (TPSA) is 34.1 Å². The molecule has 0 atom stereocenters. The van der Waals surface area contributed by atoms with Gasteiger partial charge < -0.3 is 9.13 Å². The second-order valence-corrected chi connectivity index (χ2v) is 19.8. The van der Waals surface area contributed by atoms with E-state index in [2.05, 4.69) is 84.9 Å². The number of benzene rings is 8. The zero-order chi connectivity index (χ0) is 36.3. The van der Waals surface area contributed by atoms with Crippen LogP contribution in [0.3, 0.4) is 0 Å². The van der Waals surface area contributed by atoms with Gasteiger partial charge in [0.05, 0.1) is 0 Å². The van der Waals surface area contributed by atoms with E-state index in [0.717, 1.165) is 43.0 Å². The van der Waals surface area contributed by atoms with Crippen LogP contribution in [-0.4, -0.2) is 0 Å². The lowest BCUT2D eigenvalue weighted by molar-refractivity contribution is 0.591. The molecule has 0 amide bonds. The Labute approximate surface area is 316 Å². The molecule has 8 aromatic rings. The standard InChI is InChI=1S/C50H36O2P2/c51-53(35-17-5-1-6-18-35,36-19-7-2-8-20-36)39-29-31-45-47(33-39)48-34-40(54(52,37-21-9-3-10-22-37)38-23-11-4-12-24-38)30-32-46(48)50(45)49-43-27-15-13-25-41(43)42-26-14-16-28-44(42)49/h1-34,49-50H. The van der Waals surface area contributed by atoms with Crippen LogP contribution in [0.1, 0.15) is 34.1 Å². The van der Waals surface area contributed by atoms with E-state index in [1.807, 2.05) is 121 Å². The van der Waals surface area contributed by atoms with E-state index in [0.29, 0.717) is 0 Å². The maximum absolute atomic E-state index is 15.7. The van der Waals surface area contributed by atoms with Crippen LogP contribution < -0.4 is 31.8 Å². The average Bonchev–Trinajstić information content (AvgIpc) is 3.75. The molecule has 0 aromatic heterocycles. The molecule has 2 aliphatic rings. The molecule has 4 heteroatoms. The van der Waals surface area contributed by atoms with Gasteiger partial charge in [-0.25, -0.2) is 0 Å². The molecule has 2 aliphatic carbocycles. The predicted octanol–water partition coefficient (Wildman–Crippen LogP) is 9.89. The number of hydrogen-bond donors (Lipinski definition) is 0. The summed E-state index contributed by atoms with van der Waals surface area (Å²) in [5.41, 5.74) is 9.68. The minimum absolute atomic E-state index is 0.00331. The fourth-order valence-electron chi connectivity index (χ4n) is 9.02. The third-order valence-corrected chi connectivity index (χ3v) is 17.6. The van der Waals surface area contributed by atoms with Crippen LogP contribution in [-0.2, 0) is 9.13 Å². The SMILES string of the molecule is O=P(c1ccccc1)(c1ccccc1)c1ccc2c(c1)-c1cc(P(=O)(c3ccccc3)c3ccccc3)ccc1C2C1c2ccccc2-c2ccccc21. The van der Waals surface area contributed by atoms with Crippen molar-refractivity contribution in [1.29, 1.82) is 0 Å². The first-order valence-corrected chi connectivity index (χ1v) is 21.9. The Bertz CT molecular complexity index is 2500. The predicted molar refractivity (Wildman–Crippen MR) is 226 cm³/mol. The summed E-state index contributed by atoms with van der Waals surface area (Å²) in [6, 6.07) is 70.1. The lowest BCUT2D eigenvalue weighted by Gasteiger charge is -2.25. The van der Waals surface area contributed by atoms with Gasteiger partial charge in [-0.3, -0.25) is 0 Å². The molecule has 0 N–H and O–H groups in total. The van der Waals surface area contributed by atoms with Crippen molar-refractivity contribution in [3.8, 4) is 22.3 Å². The first kappa shape index (κ1) is 32.8. The Morgan fingerprint density at radius 1 is 0.259 bits per heavy atom. The zero-order valence-corrected chi connectivity index (χ0v) is 31.3. The summed E-state index contributed by atoms with van der Waals surface area (Å²) in [6.07, 6.45) is 0. The Morgan fingerprint density at radius 2 is 0.537 bits per heavy atom. The van der Waals surface area contributed by atoms with Crippen molar-refractivity contribution in [3.05, 3.63) is 229 Å². The molecule has 10 rings (SSSR count). The number of fused-ring (bicyclic) bond motifs is 6. The van der Waals surface area contributed by atoms with Crippen molar-refractivity contribution in [1.82, 2.24) is 0 Å². The van der Waals surface area contributed by atoms with Crippen LogP contribution in [0.25, 0.3) is 22.3 Å². The molecule has 0 saturated heterocycles. The highest BCUT2D eigenvalue weighted by atomic mass is 31.2. The summed E-state index contributed by atoms with van der Waals surface area (Å²) in [4.78, 5) is 0. The van der Waals surface area contributed by atoms with Gasteiger partial charge in [0.15, 0.2) is 14.3 Å². The number of hydrogen-bond acceptors (Lipinski definition) is 2. The van der Waals surface area contributed by atoms with E-state index in [1.54, 1.807) is 0 Å². The van der Waals surface area contributed by atoms with Crippen molar-refractivity contribution in [3.63, 3.8) is 0 Å². The molecular formula is C50H36O2P2. The number of rotatable bonds is 7. The van der Waals surface area contributed by atoms with E-state index in [4.69, 9.17) is 0 Å². The molecule has 54 heavy (non-hydrogen) atoms. The van der Waals surface area contributed by atoms with Gasteiger partial charge in [-0.1, -0.05) is 194 Å². The molecular weight excluding hydrogens is 694 g/mol. The summed E-state index contributed by atoms with van der Waals surface area (Å²) in [5.74, 6) is 0.0859. The first-order chi connectivity index (χ1) is 26.6. The lowest BCUT2D eigenvalue weighted by atomic mass is 9.78. The van der Waals surface area contributed by atoms with Crippen LogP contribution in [0.4, 0.5) is 0 Å². The highest BCUT2D eigenvalue weighted by Gasteiger charge is 2.43. The van der Waals surface area contributed by atoms with Crippen LogP contribution >= 0.6 is 14.3 Å². The second kappa shape index (κ2) is 13.0. The third-order valence-electron chi connectivity index (χ3n) is 11.5. The van der Waals surface area contributed by atoms with E-state index in [-0.39, 0.29) is 11.8 Å². The van der Waals surface area contributed by atoms with Crippen molar-refractivity contribution in [2.45, 2.75) is 11.8 Å². The minimum Gasteiger partial charge on any atom is -0.309 e. The van der Waals surface area contributed by atoms with Gasteiger partial charge in [-0.15, -0.1) is 0 Å². The van der Waals surface area contributed by atoms with Crippen LogP contribution in [0.2, 0.25) is 0 Å². The molecule has 258 valence electrons. The van der Waals surface area contributed by atoms with Gasteiger partial charge in [0.2, 0.25) is 0 Å². The first-order valence-electron chi connectivity index (χ1n) is 18.5. The molecule has 2 nitrogen and oxygen atoms in total. The molecule has 0 saturated carbocycles. The minimum atomic E-state index is -3.27. The largest absolute Gasteiger partial charge is 0.309 e. The average molecular weight is 731 g/mol. The Balaban J connectivity index is 1.24. The Hall–Kier alpha value is -5.78. The van der Waals surface area contributed by atoms with E-state index >= 15 is 9.13 Å². The van der Waals surface area contributed by atoms with Gasteiger partial charge in [-0.05, 0) is 56.6 Å². The molecule has 0 unspecified atom stereocenters. The smallest absolute Gasteiger partial charge is 0.171 e. The van der Waals surface area contributed by atoms with Crippen LogP contribution in [0.15, 0.2) is 206 Å². The molecule has 0 radical (unpaired) electrons. The molecule has 0 aliphatic heterocycles. The summed E-state index contributed by atoms with van der Waals surface area (Å²) in [7, 11) is -6.53. The third kappa shape index (κ3) is 4.95. The lowest BCUT2D eigenvalue weighted by Crippen LogP contribution is -2.25. The van der Waals surface area contributed by atoms with Gasteiger partial charge in [-0.2, -0.15) is 0 Å². The zero-order valence-electron chi connectivity index (χ0n) is 29.5. The van der Waals surface area contributed by atoms with Crippen LogP contribution in [0, 0.1) is 0 Å². The molecule has 0 fully saturated rings. The Morgan fingerprint density at radius 3 is 0.870 bits per heavy atom. The maximum Gasteiger partial charge on any atom is 0.171 e. The van der Waals surface area contributed by atoms with Crippen LogP contribution in [0.5, 0.6) is 0 Å². The fraction of sp³-hybridized carbons (Fsp3) is 0.0400. The molecule has 0 bridgehead atoms. The van der Waals surface area contributed by atoms with Crippen molar-refractivity contribution < 1.29 is 9.13 Å². The highest BCUT2D eigenvalue weighted by Crippen LogP contribution is 2.59. The quantitative estimate of drug-likeness (QED) is 0.153. The summed E-state index contributed by atoms with van der Waals surface area (Å²) in [6.45, 7) is 0. The van der Waals surface area contributed by atoms with Crippen molar-refractivity contribution in [2.75, 3.05) is 0 Å². The monoisotopic (exact) mass is 730 g/mol. The van der Waals surface area contributed by atoms with Gasteiger partial charge >= 0.3 is 0 Å². The maximum atomic E-state index is 15.7. The summed E-state index contributed by atoms with van der Waals surface area (Å²) >= 11 is 0. The van der Waals surface area contributed by atoms with Gasteiger partial charge in [0.1, 0.15) is 0 Å². The van der Waals surface area contributed by atoms with Crippen molar-refractivity contribution in [2.24, 2.45) is 0 Å². The van der Waals surface area contributed by atoms with Gasteiger partial charge in [0, 0.05) is 43.7 Å². The fourth-order valence-corrected chi connectivity index (χ4v) is 14.4. The van der Waals surface area contributed by atoms with E-state index in [1.165, 1.54) is 33.4 Å². The molecule has 0 heterocycles. The van der Waals surface area contributed by atoms with E-state index in [9.17, 15) is 0 Å². The Kier molecular flexibility index (Phi) is 7.88. The molecule has 8 aromatic carbocycles. The van der Waals surface area contributed by atoms with Crippen molar-refractivity contribution >= 4 is 46.1 Å². The van der Waals surface area contributed by atoms with Gasteiger partial charge in [0.25, 0.3) is 0 Å². The van der Waals surface area contributed by atoms with E-state index < -0.39 is 14.3 Å².